The van der Waals surface area contributed by atoms with Gasteiger partial charge in [-0.2, -0.15) is 5.06 Å². The van der Waals surface area contributed by atoms with Crippen molar-refractivity contribution in [3.8, 4) is 11.8 Å². The first-order valence-corrected chi connectivity index (χ1v) is 9.95. The van der Waals surface area contributed by atoms with Crippen molar-refractivity contribution in [3.05, 3.63) is 96.2 Å². The van der Waals surface area contributed by atoms with Gasteiger partial charge < -0.3 is 5.32 Å². The molecule has 7 heteroatoms. The van der Waals surface area contributed by atoms with E-state index in [1.165, 1.54) is 5.06 Å². The van der Waals surface area contributed by atoms with E-state index in [2.05, 4.69) is 27.1 Å². The molecular formula is C24H19N5O2. The number of imidazole rings is 1. The van der Waals surface area contributed by atoms with E-state index in [1.54, 1.807) is 18.6 Å². The van der Waals surface area contributed by atoms with Crippen LogP contribution in [-0.2, 0) is 4.84 Å². The predicted octanol–water partition coefficient (Wildman–Crippen LogP) is 4.04. The molecule has 2 amide bonds. The summed E-state index contributed by atoms with van der Waals surface area (Å²) < 4.78 is 1.88. The molecule has 1 aliphatic heterocycles. The molecule has 2 aromatic carbocycles. The molecule has 4 aromatic rings. The fourth-order valence-electron chi connectivity index (χ4n) is 3.57. The van der Waals surface area contributed by atoms with Gasteiger partial charge in [-0.1, -0.05) is 42.3 Å². The molecule has 1 N–H and O–H groups in total. The van der Waals surface area contributed by atoms with Gasteiger partial charge in [-0.25, -0.2) is 9.78 Å². The number of hydroxylamine groups is 2. The summed E-state index contributed by atoms with van der Waals surface area (Å²) >= 11 is 0. The molecule has 5 rings (SSSR count). The second-order valence-electron chi connectivity index (χ2n) is 7.08. The molecule has 0 spiro atoms. The maximum atomic E-state index is 12.8. The average Bonchev–Trinajstić information content (AvgIpc) is 3.46. The Kier molecular flexibility index (Phi) is 5.05. The van der Waals surface area contributed by atoms with Crippen molar-refractivity contribution in [1.29, 1.82) is 0 Å². The zero-order valence-electron chi connectivity index (χ0n) is 16.6. The lowest BCUT2D eigenvalue weighted by Gasteiger charge is -2.23. The predicted molar refractivity (Wildman–Crippen MR) is 116 cm³/mol. The van der Waals surface area contributed by atoms with Crippen molar-refractivity contribution in [1.82, 2.24) is 19.4 Å². The minimum Gasteiger partial charge on any atom is -0.306 e. The van der Waals surface area contributed by atoms with Crippen LogP contribution in [0.5, 0.6) is 0 Å². The molecular weight excluding hydrogens is 390 g/mol. The maximum Gasteiger partial charge on any atom is 0.346 e. The number of amides is 2. The van der Waals surface area contributed by atoms with E-state index < -0.39 is 0 Å². The fraction of sp³-hybridized carbons (Fsp3) is 0.125. The molecule has 1 fully saturated rings. The summed E-state index contributed by atoms with van der Waals surface area (Å²) in [5.41, 5.74) is 4.00. The quantitative estimate of drug-likeness (QED) is 0.507. The van der Waals surface area contributed by atoms with Crippen molar-refractivity contribution in [2.45, 2.75) is 12.5 Å². The molecule has 1 atom stereocenters. The van der Waals surface area contributed by atoms with E-state index in [1.807, 2.05) is 65.2 Å². The van der Waals surface area contributed by atoms with Crippen molar-refractivity contribution >= 4 is 17.4 Å². The smallest absolute Gasteiger partial charge is 0.306 e. The summed E-state index contributed by atoms with van der Waals surface area (Å²) in [6.07, 6.45) is 7.67. The van der Waals surface area contributed by atoms with Gasteiger partial charge in [-0.05, 0) is 29.7 Å². The van der Waals surface area contributed by atoms with E-state index in [0.29, 0.717) is 12.3 Å². The van der Waals surface area contributed by atoms with Crippen molar-refractivity contribution in [2.24, 2.45) is 0 Å². The first kappa shape index (κ1) is 18.9. The highest BCUT2D eigenvalue weighted by molar-refractivity contribution is 5.89. The SMILES string of the molecule is O=C(Nc1cccc(C#Cc2cnc3cnccn23)c1)N1OCC[C@@H]1c1ccccc1. The van der Waals surface area contributed by atoms with Crippen LogP contribution in [0.25, 0.3) is 5.65 Å². The summed E-state index contributed by atoms with van der Waals surface area (Å²) in [5, 5.41) is 4.33. The Balaban J connectivity index is 1.32. The topological polar surface area (TPSA) is 71.8 Å². The van der Waals surface area contributed by atoms with Gasteiger partial charge in [0.2, 0.25) is 0 Å². The minimum absolute atomic E-state index is 0.103. The molecule has 0 radical (unpaired) electrons. The van der Waals surface area contributed by atoms with Crippen molar-refractivity contribution in [2.75, 3.05) is 11.9 Å². The average molecular weight is 409 g/mol. The molecule has 7 nitrogen and oxygen atoms in total. The third-order valence-electron chi connectivity index (χ3n) is 5.06. The third kappa shape index (κ3) is 3.97. The molecule has 0 saturated carbocycles. The van der Waals surface area contributed by atoms with E-state index in [4.69, 9.17) is 4.84 Å². The van der Waals surface area contributed by atoms with Gasteiger partial charge >= 0.3 is 6.03 Å². The van der Waals surface area contributed by atoms with Crippen molar-refractivity contribution in [3.63, 3.8) is 0 Å². The van der Waals surface area contributed by atoms with Gasteiger partial charge in [0.15, 0.2) is 5.65 Å². The lowest BCUT2D eigenvalue weighted by Crippen LogP contribution is -2.33. The Morgan fingerprint density at radius 3 is 2.90 bits per heavy atom. The van der Waals surface area contributed by atoms with Crippen LogP contribution in [0.4, 0.5) is 10.5 Å². The second-order valence-corrected chi connectivity index (χ2v) is 7.08. The van der Waals surface area contributed by atoms with Crippen LogP contribution in [0.2, 0.25) is 0 Å². The number of hydrogen-bond donors (Lipinski definition) is 1. The molecule has 0 bridgehead atoms. The lowest BCUT2D eigenvalue weighted by molar-refractivity contribution is -0.0829. The number of hydrogen-bond acceptors (Lipinski definition) is 4. The summed E-state index contributed by atoms with van der Waals surface area (Å²) in [6, 6.07) is 16.9. The maximum absolute atomic E-state index is 12.8. The number of carbonyl (C=O) groups is 1. The number of fused-ring (bicyclic) bond motifs is 1. The molecule has 152 valence electrons. The van der Waals surface area contributed by atoms with E-state index in [0.717, 1.165) is 28.9 Å². The van der Waals surface area contributed by atoms with Gasteiger partial charge in [-0.15, -0.1) is 0 Å². The van der Waals surface area contributed by atoms with E-state index in [9.17, 15) is 4.79 Å². The monoisotopic (exact) mass is 409 g/mol. The van der Waals surface area contributed by atoms with Gasteiger partial charge in [0.05, 0.1) is 25.0 Å². The number of aromatic nitrogens is 3. The van der Waals surface area contributed by atoms with Gasteiger partial charge in [0, 0.05) is 30.1 Å². The molecule has 0 aliphatic carbocycles. The van der Waals surface area contributed by atoms with E-state index in [-0.39, 0.29) is 12.1 Å². The first-order valence-electron chi connectivity index (χ1n) is 9.95. The molecule has 3 heterocycles. The number of carbonyl (C=O) groups excluding carboxylic acids is 1. The Morgan fingerprint density at radius 2 is 2.00 bits per heavy atom. The second kappa shape index (κ2) is 8.30. The normalized spacial score (nSPS) is 15.5. The highest BCUT2D eigenvalue weighted by Gasteiger charge is 2.31. The van der Waals surface area contributed by atoms with Gasteiger partial charge in [0.1, 0.15) is 5.69 Å². The van der Waals surface area contributed by atoms with E-state index >= 15 is 0 Å². The largest absolute Gasteiger partial charge is 0.346 e. The number of benzene rings is 2. The van der Waals surface area contributed by atoms with Crippen LogP contribution in [0.15, 0.2) is 79.4 Å². The van der Waals surface area contributed by atoms with Crippen LogP contribution in [0.1, 0.15) is 29.3 Å². The van der Waals surface area contributed by atoms with Crippen LogP contribution in [0, 0.1) is 11.8 Å². The summed E-state index contributed by atoms with van der Waals surface area (Å²) in [5.74, 6) is 6.25. The Morgan fingerprint density at radius 1 is 1.10 bits per heavy atom. The molecule has 31 heavy (non-hydrogen) atoms. The minimum atomic E-state index is -0.300. The summed E-state index contributed by atoms with van der Waals surface area (Å²) in [4.78, 5) is 26.8. The number of urea groups is 1. The van der Waals surface area contributed by atoms with Crippen LogP contribution < -0.4 is 5.32 Å². The molecule has 2 aromatic heterocycles. The zero-order valence-corrected chi connectivity index (χ0v) is 16.6. The van der Waals surface area contributed by atoms with Crippen molar-refractivity contribution < 1.29 is 9.63 Å². The number of nitrogens with zero attached hydrogens (tertiary/aromatic N) is 4. The standard InChI is InChI=1S/C24H19N5O2/c30-24(29-22(11-14-31-29)19-6-2-1-3-7-19)27-20-8-4-5-18(15-20)9-10-21-16-26-23-17-25-12-13-28(21)23/h1-8,12-13,15-17,22H,11,14H2,(H,27,30)/t22-/m1/s1. The van der Waals surface area contributed by atoms with Crippen LogP contribution >= 0.6 is 0 Å². The third-order valence-corrected chi connectivity index (χ3v) is 5.06. The number of nitrogens with one attached hydrogen (secondary N) is 1. The zero-order chi connectivity index (χ0) is 21.0. The Bertz CT molecular complexity index is 1290. The number of rotatable bonds is 2. The lowest BCUT2D eigenvalue weighted by atomic mass is 10.1. The van der Waals surface area contributed by atoms with Gasteiger partial charge in [-0.3, -0.25) is 14.2 Å². The number of anilines is 1. The first-order chi connectivity index (χ1) is 15.3. The Hall–Kier alpha value is -4.15. The summed E-state index contributed by atoms with van der Waals surface area (Å²) in [6.45, 7) is 0.507. The summed E-state index contributed by atoms with van der Waals surface area (Å²) in [7, 11) is 0. The molecule has 0 unspecified atom stereocenters. The van der Waals surface area contributed by atoms with Crippen LogP contribution in [0.3, 0.4) is 0 Å². The highest BCUT2D eigenvalue weighted by Crippen LogP contribution is 2.30. The Labute approximate surface area is 179 Å². The van der Waals surface area contributed by atoms with Gasteiger partial charge in [0.25, 0.3) is 0 Å². The van der Waals surface area contributed by atoms with Crippen LogP contribution in [-0.4, -0.2) is 32.1 Å². The fourth-order valence-corrected chi connectivity index (χ4v) is 3.57. The highest BCUT2D eigenvalue weighted by atomic mass is 16.7. The molecule has 1 aliphatic rings. The molecule has 1 saturated heterocycles.